The van der Waals surface area contributed by atoms with E-state index < -0.39 is 11.9 Å². The molecule has 0 radical (unpaired) electrons. The molecule has 1 saturated carbocycles. The van der Waals surface area contributed by atoms with E-state index in [2.05, 4.69) is 6.92 Å². The van der Waals surface area contributed by atoms with Crippen molar-refractivity contribution < 1.29 is 28.9 Å². The van der Waals surface area contributed by atoms with Crippen molar-refractivity contribution in [3.8, 4) is 17.2 Å². The van der Waals surface area contributed by atoms with Gasteiger partial charge in [0, 0.05) is 12.3 Å². The summed E-state index contributed by atoms with van der Waals surface area (Å²) in [7, 11) is 0. The third-order valence-corrected chi connectivity index (χ3v) is 5.53. The average Bonchev–Trinajstić information content (AvgIpc) is 3.63. The number of rotatable bonds is 13. The fourth-order valence-corrected chi connectivity index (χ4v) is 3.20. The third-order valence-electron chi connectivity index (χ3n) is 5.53. The third kappa shape index (κ3) is 6.74. The van der Waals surface area contributed by atoms with Crippen LogP contribution in [0.1, 0.15) is 56.0 Å². The Bertz CT molecular complexity index is 916. The number of hydrogen-bond donors (Lipinski definition) is 1. The van der Waals surface area contributed by atoms with Gasteiger partial charge >= 0.3 is 5.97 Å². The number of carbonyl (C=O) groups excluding carboxylic acids is 1. The van der Waals surface area contributed by atoms with Crippen molar-refractivity contribution in [3.63, 3.8) is 0 Å². The van der Waals surface area contributed by atoms with Gasteiger partial charge in [-0.1, -0.05) is 13.0 Å². The molecule has 3 rings (SSSR count). The second-order valence-corrected chi connectivity index (χ2v) is 8.41. The van der Waals surface area contributed by atoms with Crippen LogP contribution in [0.4, 0.5) is 0 Å². The SMILES string of the molecule is CCc1ccc(OC(C)CCOc2ccc(OCC(C)C(=O)O)cc2)c(C(=O)C2CC2)c1. The molecule has 6 nitrogen and oxygen atoms in total. The molecule has 2 aromatic carbocycles. The van der Waals surface area contributed by atoms with Crippen molar-refractivity contribution in [2.24, 2.45) is 11.8 Å². The molecule has 2 atom stereocenters. The van der Waals surface area contributed by atoms with Gasteiger partial charge in [0.15, 0.2) is 5.78 Å². The van der Waals surface area contributed by atoms with Crippen molar-refractivity contribution in [1.82, 2.24) is 0 Å². The molecule has 0 spiro atoms. The van der Waals surface area contributed by atoms with E-state index in [0.717, 1.165) is 24.8 Å². The highest BCUT2D eigenvalue weighted by Crippen LogP contribution is 2.36. The summed E-state index contributed by atoms with van der Waals surface area (Å²) in [4.78, 5) is 23.5. The van der Waals surface area contributed by atoms with Crippen LogP contribution in [0.5, 0.6) is 17.2 Å². The van der Waals surface area contributed by atoms with Crippen molar-refractivity contribution in [2.75, 3.05) is 13.2 Å². The molecule has 1 fully saturated rings. The lowest BCUT2D eigenvalue weighted by atomic mass is 10.0. The number of carboxylic acids is 1. The van der Waals surface area contributed by atoms with Crippen LogP contribution in [0, 0.1) is 11.8 Å². The number of ether oxygens (including phenoxy) is 3. The molecule has 0 bridgehead atoms. The van der Waals surface area contributed by atoms with Crippen molar-refractivity contribution in [3.05, 3.63) is 53.6 Å². The summed E-state index contributed by atoms with van der Waals surface area (Å²) >= 11 is 0. The average molecular weight is 441 g/mol. The Morgan fingerprint density at radius 2 is 1.69 bits per heavy atom. The number of ketones is 1. The lowest BCUT2D eigenvalue weighted by molar-refractivity contribution is -0.142. The maximum Gasteiger partial charge on any atom is 0.309 e. The molecule has 0 aromatic heterocycles. The Labute approximate surface area is 189 Å². The topological polar surface area (TPSA) is 82.1 Å². The molecule has 2 unspecified atom stereocenters. The molecule has 1 aliphatic rings. The number of carboxylic acid groups (broad SMARTS) is 1. The highest BCUT2D eigenvalue weighted by Gasteiger charge is 2.32. The fraction of sp³-hybridized carbons (Fsp3) is 0.462. The molecule has 1 N–H and O–H groups in total. The first-order chi connectivity index (χ1) is 15.4. The van der Waals surface area contributed by atoms with Gasteiger partial charge in [0.05, 0.1) is 24.2 Å². The molecular formula is C26H32O6. The summed E-state index contributed by atoms with van der Waals surface area (Å²) in [6.45, 7) is 6.25. The maximum atomic E-state index is 12.7. The smallest absolute Gasteiger partial charge is 0.309 e. The molecule has 2 aromatic rings. The second-order valence-electron chi connectivity index (χ2n) is 8.41. The molecule has 6 heteroatoms. The minimum Gasteiger partial charge on any atom is -0.493 e. The van der Waals surface area contributed by atoms with Gasteiger partial charge in [-0.05, 0) is 75.1 Å². The summed E-state index contributed by atoms with van der Waals surface area (Å²) in [5.74, 6) is 0.862. The first kappa shape index (κ1) is 23.6. The van der Waals surface area contributed by atoms with Gasteiger partial charge in [-0.2, -0.15) is 0 Å². The van der Waals surface area contributed by atoms with Gasteiger partial charge in [0.1, 0.15) is 23.9 Å². The molecule has 0 saturated heterocycles. The second kappa shape index (κ2) is 11.0. The van der Waals surface area contributed by atoms with Gasteiger partial charge < -0.3 is 19.3 Å². The number of Topliss-reactive ketones (excluding diaryl/α,β-unsaturated/α-hetero) is 1. The standard InChI is InChI=1S/C26H32O6/c1-4-19-5-12-24(23(15-19)25(27)20-6-7-20)32-18(3)13-14-30-21-8-10-22(11-9-21)31-16-17(2)26(28)29/h5,8-12,15,17-18,20H,4,6-7,13-14,16H2,1-3H3,(H,28,29). The zero-order chi connectivity index (χ0) is 23.1. The zero-order valence-electron chi connectivity index (χ0n) is 19.0. The summed E-state index contributed by atoms with van der Waals surface area (Å²) in [6.07, 6.45) is 3.40. The summed E-state index contributed by atoms with van der Waals surface area (Å²) in [5.41, 5.74) is 1.84. The van der Waals surface area contributed by atoms with E-state index in [1.54, 1.807) is 31.2 Å². The van der Waals surface area contributed by atoms with Gasteiger partial charge in [-0.25, -0.2) is 0 Å². The zero-order valence-corrected chi connectivity index (χ0v) is 19.0. The lowest BCUT2D eigenvalue weighted by Crippen LogP contribution is -2.18. The van der Waals surface area contributed by atoms with Crippen LogP contribution >= 0.6 is 0 Å². The van der Waals surface area contributed by atoms with E-state index in [1.165, 1.54) is 0 Å². The molecule has 0 aliphatic heterocycles. The molecule has 0 amide bonds. The predicted molar refractivity (Wildman–Crippen MR) is 122 cm³/mol. The minimum absolute atomic E-state index is 0.103. The summed E-state index contributed by atoms with van der Waals surface area (Å²) < 4.78 is 17.4. The normalized spacial score (nSPS) is 15.0. The largest absolute Gasteiger partial charge is 0.493 e. The predicted octanol–water partition coefficient (Wildman–Crippen LogP) is 5.18. The van der Waals surface area contributed by atoms with Crippen LogP contribution in [0.25, 0.3) is 0 Å². The first-order valence-electron chi connectivity index (χ1n) is 11.3. The van der Waals surface area contributed by atoms with Crippen molar-refractivity contribution in [1.29, 1.82) is 0 Å². The van der Waals surface area contributed by atoms with Gasteiger partial charge in [0.2, 0.25) is 0 Å². The fourth-order valence-electron chi connectivity index (χ4n) is 3.20. The number of hydrogen-bond acceptors (Lipinski definition) is 5. The monoisotopic (exact) mass is 440 g/mol. The van der Waals surface area contributed by atoms with Crippen molar-refractivity contribution in [2.45, 2.75) is 52.6 Å². The number of aliphatic carboxylic acids is 1. The number of carbonyl (C=O) groups is 2. The van der Waals surface area contributed by atoms with Crippen LogP contribution in [0.15, 0.2) is 42.5 Å². The van der Waals surface area contributed by atoms with Crippen LogP contribution < -0.4 is 14.2 Å². The van der Waals surface area contributed by atoms with E-state index >= 15 is 0 Å². The summed E-state index contributed by atoms with van der Waals surface area (Å²) in [6, 6.07) is 13.0. The number of aryl methyl sites for hydroxylation is 1. The summed E-state index contributed by atoms with van der Waals surface area (Å²) in [5, 5.41) is 8.90. The number of benzene rings is 2. The van der Waals surface area contributed by atoms with Crippen LogP contribution in [-0.2, 0) is 11.2 Å². The van der Waals surface area contributed by atoms with E-state index in [1.807, 2.05) is 25.1 Å². The molecule has 32 heavy (non-hydrogen) atoms. The minimum atomic E-state index is -0.883. The van der Waals surface area contributed by atoms with E-state index in [9.17, 15) is 9.59 Å². The van der Waals surface area contributed by atoms with Gasteiger partial charge in [-0.15, -0.1) is 0 Å². The highest BCUT2D eigenvalue weighted by atomic mass is 16.5. The van der Waals surface area contributed by atoms with Gasteiger partial charge in [0.25, 0.3) is 0 Å². The van der Waals surface area contributed by atoms with E-state index in [-0.39, 0.29) is 24.4 Å². The first-order valence-corrected chi connectivity index (χ1v) is 11.3. The van der Waals surface area contributed by atoms with Crippen molar-refractivity contribution >= 4 is 11.8 Å². The molecule has 1 aliphatic carbocycles. The molecular weight excluding hydrogens is 408 g/mol. The quantitative estimate of drug-likeness (QED) is 0.432. The molecule has 0 heterocycles. The Hall–Kier alpha value is -3.02. The van der Waals surface area contributed by atoms with Gasteiger partial charge in [-0.3, -0.25) is 9.59 Å². The Morgan fingerprint density at radius 3 is 2.28 bits per heavy atom. The van der Waals surface area contributed by atoms with Crippen LogP contribution in [0.3, 0.4) is 0 Å². The molecule has 172 valence electrons. The van der Waals surface area contributed by atoms with E-state index in [0.29, 0.717) is 35.8 Å². The maximum absolute atomic E-state index is 12.7. The lowest BCUT2D eigenvalue weighted by Gasteiger charge is -2.18. The Balaban J connectivity index is 1.47. The van der Waals surface area contributed by atoms with Crippen LogP contribution in [-0.4, -0.2) is 36.2 Å². The van der Waals surface area contributed by atoms with E-state index in [4.69, 9.17) is 19.3 Å². The Morgan fingerprint density at radius 1 is 1.03 bits per heavy atom. The van der Waals surface area contributed by atoms with Crippen LogP contribution in [0.2, 0.25) is 0 Å². The highest BCUT2D eigenvalue weighted by molar-refractivity contribution is 6.01. The Kier molecular flexibility index (Phi) is 8.14.